The second-order valence-corrected chi connectivity index (χ2v) is 9.57. The Labute approximate surface area is 166 Å². The molecule has 0 spiro atoms. The van der Waals surface area contributed by atoms with E-state index in [9.17, 15) is 18.0 Å². The highest BCUT2D eigenvalue weighted by molar-refractivity contribution is 7.89. The number of nitrogens with one attached hydrogen (secondary N) is 2. The van der Waals surface area contributed by atoms with Gasteiger partial charge in [0.15, 0.2) is 0 Å². The number of benzene rings is 1. The molecule has 0 aromatic heterocycles. The third-order valence-electron chi connectivity index (χ3n) is 5.66. The highest BCUT2D eigenvalue weighted by Crippen LogP contribution is 2.31. The monoisotopic (exact) mass is 407 g/mol. The van der Waals surface area contributed by atoms with E-state index in [1.165, 1.54) is 19.1 Å². The van der Waals surface area contributed by atoms with E-state index in [1.54, 1.807) is 12.1 Å². The van der Waals surface area contributed by atoms with E-state index >= 15 is 0 Å². The zero-order valence-electron chi connectivity index (χ0n) is 16.3. The normalized spacial score (nSPS) is 22.8. The van der Waals surface area contributed by atoms with Crippen molar-refractivity contribution in [2.75, 3.05) is 25.0 Å². The fourth-order valence-corrected chi connectivity index (χ4v) is 5.16. The summed E-state index contributed by atoms with van der Waals surface area (Å²) in [5.74, 6) is 0.451. The molecule has 0 atom stereocenters. The van der Waals surface area contributed by atoms with Gasteiger partial charge >= 0.3 is 0 Å². The van der Waals surface area contributed by atoms with Crippen molar-refractivity contribution in [3.8, 4) is 0 Å². The van der Waals surface area contributed by atoms with Gasteiger partial charge in [0.2, 0.25) is 21.8 Å². The minimum Gasteiger partial charge on any atom is -0.342 e. The quantitative estimate of drug-likeness (QED) is 0.757. The highest BCUT2D eigenvalue weighted by atomic mass is 32.2. The molecule has 2 amide bonds. The first-order chi connectivity index (χ1) is 13.3. The maximum Gasteiger partial charge on any atom is 0.240 e. The van der Waals surface area contributed by atoms with E-state index in [2.05, 4.69) is 10.0 Å². The summed E-state index contributed by atoms with van der Waals surface area (Å²) in [4.78, 5) is 25.7. The largest absolute Gasteiger partial charge is 0.342 e. The summed E-state index contributed by atoms with van der Waals surface area (Å²) in [6, 6.07) is 6.12. The topological polar surface area (TPSA) is 95.6 Å². The smallest absolute Gasteiger partial charge is 0.240 e. The molecule has 0 radical (unpaired) electrons. The lowest BCUT2D eigenvalue weighted by Gasteiger charge is -2.30. The van der Waals surface area contributed by atoms with Crippen LogP contribution in [-0.2, 0) is 19.6 Å². The van der Waals surface area contributed by atoms with Crippen LogP contribution in [0, 0.1) is 11.8 Å². The van der Waals surface area contributed by atoms with Crippen LogP contribution in [0.2, 0.25) is 0 Å². The molecular formula is C20H29N3O4S. The summed E-state index contributed by atoms with van der Waals surface area (Å²) in [6.07, 6.45) is 5.63. The molecule has 8 heteroatoms. The Bertz CT molecular complexity index is 793. The molecule has 0 bridgehead atoms. The van der Waals surface area contributed by atoms with Crippen molar-refractivity contribution >= 4 is 27.5 Å². The Morgan fingerprint density at radius 1 is 1.04 bits per heavy atom. The number of nitrogens with zero attached hydrogens (tertiary/aromatic N) is 1. The SMILES string of the molecule is CC(=O)Nc1ccc(S(=O)(=O)NCC2CCC(C(=O)N3CCCC3)CC2)cc1. The molecule has 2 aliphatic rings. The number of carbonyl (C=O) groups is 2. The number of rotatable bonds is 6. The molecule has 1 aromatic rings. The van der Waals surface area contributed by atoms with E-state index in [1.807, 2.05) is 4.90 Å². The van der Waals surface area contributed by atoms with Crippen LogP contribution in [0.25, 0.3) is 0 Å². The molecule has 1 saturated carbocycles. The lowest BCUT2D eigenvalue weighted by molar-refractivity contribution is -0.135. The Balaban J connectivity index is 1.47. The Kier molecular flexibility index (Phi) is 6.72. The number of amides is 2. The molecular weight excluding hydrogens is 378 g/mol. The van der Waals surface area contributed by atoms with Crippen LogP contribution >= 0.6 is 0 Å². The van der Waals surface area contributed by atoms with Crippen molar-refractivity contribution in [1.29, 1.82) is 0 Å². The summed E-state index contributed by atoms with van der Waals surface area (Å²) in [5, 5.41) is 2.62. The molecule has 1 aliphatic carbocycles. The second kappa shape index (κ2) is 9.05. The minimum absolute atomic E-state index is 0.104. The van der Waals surface area contributed by atoms with Crippen molar-refractivity contribution in [1.82, 2.24) is 9.62 Å². The molecule has 28 heavy (non-hydrogen) atoms. The molecule has 7 nitrogen and oxygen atoms in total. The van der Waals surface area contributed by atoms with Crippen molar-refractivity contribution in [3.05, 3.63) is 24.3 Å². The standard InChI is InChI=1S/C20H29N3O4S/c1-15(24)22-18-8-10-19(11-9-18)28(26,27)21-14-16-4-6-17(7-5-16)20(25)23-12-2-3-13-23/h8-11,16-17,21H,2-7,12-14H2,1H3,(H,22,24). The molecule has 1 aromatic carbocycles. The van der Waals surface area contributed by atoms with Gasteiger partial charge in [-0.25, -0.2) is 13.1 Å². The van der Waals surface area contributed by atoms with Gasteiger partial charge in [-0.1, -0.05) is 0 Å². The summed E-state index contributed by atoms with van der Waals surface area (Å²) in [6.45, 7) is 3.57. The van der Waals surface area contributed by atoms with Crippen molar-refractivity contribution < 1.29 is 18.0 Å². The van der Waals surface area contributed by atoms with Gasteiger partial charge in [0.1, 0.15) is 0 Å². The molecule has 1 saturated heterocycles. The average Bonchev–Trinajstić information content (AvgIpc) is 3.21. The predicted octanol–water partition coefficient (Wildman–Crippen LogP) is 2.35. The Morgan fingerprint density at radius 2 is 1.64 bits per heavy atom. The first-order valence-corrected chi connectivity index (χ1v) is 11.5. The van der Waals surface area contributed by atoms with E-state index in [0.29, 0.717) is 12.2 Å². The number of hydrogen-bond acceptors (Lipinski definition) is 4. The highest BCUT2D eigenvalue weighted by Gasteiger charge is 2.31. The van der Waals surface area contributed by atoms with Gasteiger partial charge in [0.05, 0.1) is 4.90 Å². The second-order valence-electron chi connectivity index (χ2n) is 7.81. The van der Waals surface area contributed by atoms with Crippen molar-refractivity contribution in [2.24, 2.45) is 11.8 Å². The first kappa shape index (κ1) is 20.8. The lowest BCUT2D eigenvalue weighted by Crippen LogP contribution is -2.37. The molecule has 2 N–H and O–H groups in total. The van der Waals surface area contributed by atoms with Gasteiger partial charge in [-0.3, -0.25) is 9.59 Å². The maximum absolute atomic E-state index is 12.5. The lowest BCUT2D eigenvalue weighted by atomic mass is 9.81. The molecule has 154 valence electrons. The summed E-state index contributed by atoms with van der Waals surface area (Å²) in [5.41, 5.74) is 0.562. The summed E-state index contributed by atoms with van der Waals surface area (Å²) >= 11 is 0. The zero-order chi connectivity index (χ0) is 20.1. The van der Waals surface area contributed by atoms with Crippen LogP contribution in [0.4, 0.5) is 5.69 Å². The number of likely N-dealkylation sites (tertiary alicyclic amines) is 1. The van der Waals surface area contributed by atoms with E-state index in [-0.39, 0.29) is 28.5 Å². The van der Waals surface area contributed by atoms with Crippen LogP contribution in [0.5, 0.6) is 0 Å². The van der Waals surface area contributed by atoms with Gasteiger partial charge in [0, 0.05) is 38.2 Å². The zero-order valence-corrected chi connectivity index (χ0v) is 17.1. The van der Waals surface area contributed by atoms with Gasteiger partial charge in [0.25, 0.3) is 0 Å². The van der Waals surface area contributed by atoms with Crippen LogP contribution in [0.1, 0.15) is 45.4 Å². The molecule has 2 fully saturated rings. The Hall–Kier alpha value is -1.93. The van der Waals surface area contributed by atoms with Crippen LogP contribution in [0.3, 0.4) is 0 Å². The van der Waals surface area contributed by atoms with Crippen molar-refractivity contribution in [2.45, 2.75) is 50.3 Å². The van der Waals surface area contributed by atoms with Crippen LogP contribution in [-0.4, -0.2) is 44.8 Å². The molecule has 1 aliphatic heterocycles. The summed E-state index contributed by atoms with van der Waals surface area (Å²) in [7, 11) is -3.59. The van der Waals surface area contributed by atoms with Gasteiger partial charge in [-0.2, -0.15) is 0 Å². The third-order valence-corrected chi connectivity index (χ3v) is 7.10. The maximum atomic E-state index is 12.5. The molecule has 1 heterocycles. The molecule has 3 rings (SSSR count). The van der Waals surface area contributed by atoms with Gasteiger partial charge < -0.3 is 10.2 Å². The number of sulfonamides is 1. The van der Waals surface area contributed by atoms with Gasteiger partial charge in [-0.05, 0) is 68.7 Å². The van der Waals surface area contributed by atoms with Crippen LogP contribution in [0.15, 0.2) is 29.2 Å². The number of hydrogen-bond donors (Lipinski definition) is 2. The Morgan fingerprint density at radius 3 is 2.21 bits per heavy atom. The summed E-state index contributed by atoms with van der Waals surface area (Å²) < 4.78 is 27.7. The van der Waals surface area contributed by atoms with E-state index < -0.39 is 10.0 Å². The minimum atomic E-state index is -3.59. The number of carbonyl (C=O) groups excluding carboxylic acids is 2. The van der Waals surface area contributed by atoms with Crippen molar-refractivity contribution in [3.63, 3.8) is 0 Å². The van der Waals surface area contributed by atoms with E-state index in [4.69, 9.17) is 0 Å². The molecule has 0 unspecified atom stereocenters. The first-order valence-electron chi connectivity index (χ1n) is 10.0. The number of anilines is 1. The predicted molar refractivity (Wildman–Crippen MR) is 107 cm³/mol. The fourth-order valence-electron chi connectivity index (χ4n) is 4.04. The van der Waals surface area contributed by atoms with Gasteiger partial charge in [-0.15, -0.1) is 0 Å². The van der Waals surface area contributed by atoms with Crippen LogP contribution < -0.4 is 10.0 Å². The average molecular weight is 408 g/mol. The third kappa shape index (κ3) is 5.32. The van der Waals surface area contributed by atoms with E-state index in [0.717, 1.165) is 51.6 Å². The fraction of sp³-hybridized carbons (Fsp3) is 0.600.